The summed E-state index contributed by atoms with van der Waals surface area (Å²) in [6.45, 7) is -0.141. The maximum Gasteiger partial charge on any atom is 0.277 e. The third-order valence-corrected chi connectivity index (χ3v) is 7.53. The van der Waals surface area contributed by atoms with E-state index < -0.39 is 0 Å². The number of amides is 1. The molecule has 0 aliphatic carbocycles. The first kappa shape index (κ1) is 20.6. The minimum absolute atomic E-state index is 0.141. The topological polar surface area (TPSA) is 55.6 Å². The number of carbonyl (C=O) groups is 1. The Bertz CT molecular complexity index is 1030. The predicted molar refractivity (Wildman–Crippen MR) is 121 cm³/mol. The second kappa shape index (κ2) is 9.86. The maximum atomic E-state index is 14.0. The average molecular weight is 442 g/mol. The number of ether oxygens (including phenoxy) is 1. The smallest absolute Gasteiger partial charge is 0.277 e. The van der Waals surface area contributed by atoms with Gasteiger partial charge in [-0.2, -0.15) is 5.10 Å². The van der Waals surface area contributed by atoms with Gasteiger partial charge in [-0.25, -0.2) is 9.82 Å². The van der Waals surface area contributed by atoms with Crippen LogP contribution in [0.15, 0.2) is 72.0 Å². The molecule has 1 amide bonds. The first-order chi connectivity index (χ1) is 14.7. The minimum atomic E-state index is -0.374. The molecular weight excluding hydrogens is 421 g/mol. The van der Waals surface area contributed by atoms with E-state index in [0.29, 0.717) is 21.7 Å². The molecule has 8 heteroatoms. The fourth-order valence-corrected chi connectivity index (χ4v) is 5.85. The molecule has 1 N–H and O–H groups in total. The van der Waals surface area contributed by atoms with Crippen LogP contribution < -0.4 is 10.2 Å². The van der Waals surface area contributed by atoms with Crippen LogP contribution in [0.1, 0.15) is 15.8 Å². The monoisotopic (exact) mass is 441 g/mol. The molecule has 154 valence electrons. The van der Waals surface area contributed by atoms with Gasteiger partial charge in [-0.1, -0.05) is 24.3 Å². The van der Waals surface area contributed by atoms with Gasteiger partial charge in [0.25, 0.3) is 5.91 Å². The number of nitrogens with one attached hydrogen (secondary N) is 1. The molecule has 1 aliphatic rings. The Kier molecular flexibility index (Phi) is 6.76. The van der Waals surface area contributed by atoms with E-state index in [1.54, 1.807) is 41.1 Å². The first-order valence-corrected chi connectivity index (χ1v) is 11.5. The molecule has 0 spiro atoms. The molecule has 2 aromatic carbocycles. The molecule has 5 nitrogen and oxygen atoms in total. The van der Waals surface area contributed by atoms with E-state index in [-0.39, 0.29) is 18.3 Å². The molecule has 30 heavy (non-hydrogen) atoms. The predicted octanol–water partition coefficient (Wildman–Crippen LogP) is 4.62. The van der Waals surface area contributed by atoms with Crippen molar-refractivity contribution in [2.24, 2.45) is 5.10 Å². The number of benzene rings is 2. The van der Waals surface area contributed by atoms with Gasteiger partial charge in [0.15, 0.2) is 6.61 Å². The zero-order valence-electron chi connectivity index (χ0n) is 16.0. The number of halogens is 1. The molecule has 0 saturated carbocycles. The van der Waals surface area contributed by atoms with Gasteiger partial charge in [-0.05, 0) is 42.0 Å². The van der Waals surface area contributed by atoms with E-state index in [1.165, 1.54) is 29.4 Å². The summed E-state index contributed by atoms with van der Waals surface area (Å²) in [6, 6.07) is 17.9. The van der Waals surface area contributed by atoms with E-state index >= 15 is 0 Å². The van der Waals surface area contributed by atoms with Crippen LogP contribution >= 0.6 is 23.5 Å². The van der Waals surface area contributed by atoms with Crippen LogP contribution in [0.5, 0.6) is 5.75 Å². The Morgan fingerprint density at radius 3 is 2.67 bits per heavy atom. The van der Waals surface area contributed by atoms with Gasteiger partial charge in [0.1, 0.15) is 11.6 Å². The maximum absolute atomic E-state index is 14.0. The normalized spacial score (nSPS) is 14.3. The van der Waals surface area contributed by atoms with Crippen LogP contribution in [-0.4, -0.2) is 34.8 Å². The summed E-state index contributed by atoms with van der Waals surface area (Å²) in [4.78, 5) is 12.0. The molecule has 4 rings (SSSR count). The quantitative estimate of drug-likeness (QED) is 0.429. The first-order valence-electron chi connectivity index (χ1n) is 9.41. The number of hydrogen-bond donors (Lipinski definition) is 1. The van der Waals surface area contributed by atoms with Gasteiger partial charge >= 0.3 is 0 Å². The number of carbonyl (C=O) groups excluding carboxylic acids is 1. The van der Waals surface area contributed by atoms with Gasteiger partial charge in [0, 0.05) is 17.7 Å². The molecular formula is C22H20FN3O2S2. The van der Waals surface area contributed by atoms with E-state index in [4.69, 9.17) is 4.74 Å². The van der Waals surface area contributed by atoms with Crippen LogP contribution in [0.25, 0.3) is 5.69 Å². The molecule has 3 aromatic rings. The summed E-state index contributed by atoms with van der Waals surface area (Å²) in [5, 5.41) is 3.95. The van der Waals surface area contributed by atoms with Crippen LogP contribution in [-0.2, 0) is 4.79 Å². The van der Waals surface area contributed by atoms with E-state index in [0.717, 1.165) is 0 Å². The number of rotatable bonds is 7. The Morgan fingerprint density at radius 1 is 1.13 bits per heavy atom. The highest BCUT2D eigenvalue weighted by atomic mass is 32.2. The lowest BCUT2D eigenvalue weighted by atomic mass is 10.2. The van der Waals surface area contributed by atoms with Crippen molar-refractivity contribution >= 4 is 35.6 Å². The molecule has 1 aliphatic heterocycles. The highest BCUT2D eigenvalue weighted by Crippen LogP contribution is 2.45. The number of thioether (sulfide) groups is 2. The fourth-order valence-electron chi connectivity index (χ4n) is 2.99. The largest absolute Gasteiger partial charge is 0.484 e. The van der Waals surface area contributed by atoms with Gasteiger partial charge < -0.3 is 9.30 Å². The number of aromatic nitrogens is 1. The second-order valence-electron chi connectivity index (χ2n) is 6.48. The van der Waals surface area contributed by atoms with E-state index in [2.05, 4.69) is 10.5 Å². The summed E-state index contributed by atoms with van der Waals surface area (Å²) in [7, 11) is 0. The van der Waals surface area contributed by atoms with Crippen LogP contribution in [0, 0.1) is 5.82 Å². The summed E-state index contributed by atoms with van der Waals surface area (Å²) in [5.74, 6) is 2.29. The third kappa shape index (κ3) is 5.06. The van der Waals surface area contributed by atoms with Crippen molar-refractivity contribution in [3.63, 3.8) is 0 Å². The van der Waals surface area contributed by atoms with Crippen molar-refractivity contribution in [2.75, 3.05) is 18.1 Å². The Labute approximate surface area is 182 Å². The van der Waals surface area contributed by atoms with Crippen molar-refractivity contribution in [1.29, 1.82) is 0 Å². The number of hydrazone groups is 1. The van der Waals surface area contributed by atoms with Gasteiger partial charge in [0.05, 0.1) is 22.2 Å². The third-order valence-electron chi connectivity index (χ3n) is 4.42. The second-order valence-corrected chi connectivity index (χ2v) is 9.20. The fraction of sp³-hybridized carbons (Fsp3) is 0.182. The zero-order chi connectivity index (χ0) is 20.8. The SMILES string of the molecule is O=C(COc1ccc(C2SCCS2)cc1)N/N=C\c1cccn1-c1ccccc1F. The molecule has 0 atom stereocenters. The number of hydrogen-bond acceptors (Lipinski definition) is 5. The number of para-hydroxylation sites is 1. The Morgan fingerprint density at radius 2 is 1.90 bits per heavy atom. The lowest BCUT2D eigenvalue weighted by Gasteiger charge is -2.10. The zero-order valence-corrected chi connectivity index (χ0v) is 17.7. The van der Waals surface area contributed by atoms with Gasteiger partial charge in [0.2, 0.25) is 0 Å². The highest BCUT2D eigenvalue weighted by Gasteiger charge is 2.18. The van der Waals surface area contributed by atoms with Crippen molar-refractivity contribution in [1.82, 2.24) is 9.99 Å². The lowest BCUT2D eigenvalue weighted by molar-refractivity contribution is -0.123. The number of nitrogens with zero attached hydrogens (tertiary/aromatic N) is 2. The van der Waals surface area contributed by atoms with Gasteiger partial charge in [-0.3, -0.25) is 4.79 Å². The summed E-state index contributed by atoms with van der Waals surface area (Å²) < 4.78 is 21.7. The Balaban J connectivity index is 1.29. The van der Waals surface area contributed by atoms with Gasteiger partial charge in [-0.15, -0.1) is 23.5 Å². The molecule has 1 aromatic heterocycles. The summed E-state index contributed by atoms with van der Waals surface area (Å²) in [5.41, 5.74) is 4.75. The average Bonchev–Trinajstić information content (AvgIpc) is 3.45. The highest BCUT2D eigenvalue weighted by molar-refractivity contribution is 8.19. The van der Waals surface area contributed by atoms with Crippen LogP contribution in [0.3, 0.4) is 0 Å². The van der Waals surface area contributed by atoms with Crippen molar-refractivity contribution in [3.05, 3.63) is 83.9 Å². The van der Waals surface area contributed by atoms with Crippen LogP contribution in [0.4, 0.5) is 4.39 Å². The minimum Gasteiger partial charge on any atom is -0.484 e. The Hall–Kier alpha value is -2.71. The van der Waals surface area contributed by atoms with E-state index in [9.17, 15) is 9.18 Å². The van der Waals surface area contributed by atoms with Crippen molar-refractivity contribution in [2.45, 2.75) is 4.58 Å². The molecule has 2 heterocycles. The molecule has 1 fully saturated rings. The molecule has 0 bridgehead atoms. The standard InChI is InChI=1S/C22H20FN3O2S2/c23-19-5-1-2-6-20(19)26-11-3-4-17(26)14-24-25-21(27)15-28-18-9-7-16(8-10-18)22-29-12-13-30-22/h1-11,14,22H,12-13,15H2,(H,25,27)/b24-14-. The van der Waals surface area contributed by atoms with E-state index in [1.807, 2.05) is 47.8 Å². The van der Waals surface area contributed by atoms with Crippen molar-refractivity contribution < 1.29 is 13.9 Å². The van der Waals surface area contributed by atoms with Crippen LogP contribution in [0.2, 0.25) is 0 Å². The lowest BCUT2D eigenvalue weighted by Crippen LogP contribution is -2.24. The summed E-state index contributed by atoms with van der Waals surface area (Å²) >= 11 is 3.89. The molecule has 1 saturated heterocycles. The molecule has 0 radical (unpaired) electrons. The summed E-state index contributed by atoms with van der Waals surface area (Å²) in [6.07, 6.45) is 3.20. The molecule has 0 unspecified atom stereocenters. The van der Waals surface area contributed by atoms with Crippen molar-refractivity contribution in [3.8, 4) is 11.4 Å².